The van der Waals surface area contributed by atoms with Gasteiger partial charge in [0.1, 0.15) is 5.82 Å². The first-order valence-electron chi connectivity index (χ1n) is 7.45. The number of nitrogens with zero attached hydrogens (tertiary/aromatic N) is 1. The molecule has 2 aromatic rings. The lowest BCUT2D eigenvalue weighted by Gasteiger charge is -2.37. The number of carbonyl (C=O) groups excluding carboxylic acids is 1. The number of piperidine rings is 1. The zero-order chi connectivity index (χ0) is 15.4. The van der Waals surface area contributed by atoms with Crippen molar-refractivity contribution in [3.05, 3.63) is 28.3 Å². The van der Waals surface area contributed by atoms with Crippen LogP contribution in [-0.2, 0) is 0 Å². The summed E-state index contributed by atoms with van der Waals surface area (Å²) >= 11 is 5.04. The molecule has 116 valence electrons. The van der Waals surface area contributed by atoms with Gasteiger partial charge < -0.3 is 20.0 Å². The molecule has 0 spiro atoms. The Morgan fingerprint density at radius 1 is 1.27 bits per heavy atom. The van der Waals surface area contributed by atoms with Gasteiger partial charge >= 0.3 is 0 Å². The predicted octanol–water partition coefficient (Wildman–Crippen LogP) is 2.49. The molecule has 5 nitrogen and oxygen atoms in total. The number of halogens is 1. The van der Waals surface area contributed by atoms with Crippen molar-refractivity contribution in [2.75, 3.05) is 0 Å². The van der Waals surface area contributed by atoms with Gasteiger partial charge in [-0.1, -0.05) is 0 Å². The normalized spacial score (nSPS) is 27.5. The molecule has 1 aromatic carbocycles. The van der Waals surface area contributed by atoms with Crippen LogP contribution in [0.15, 0.2) is 12.1 Å². The molecule has 0 saturated carbocycles. The number of aromatic amines is 2. The van der Waals surface area contributed by atoms with Crippen LogP contribution in [0.2, 0.25) is 0 Å². The number of hydrogen-bond donors (Lipinski definition) is 3. The first-order chi connectivity index (χ1) is 10.5. The number of fused-ring (bicyclic) bond motifs is 3. The van der Waals surface area contributed by atoms with E-state index >= 15 is 0 Å². The maximum Gasteiger partial charge on any atom is 0.256 e. The number of hydrogen-bond acceptors (Lipinski definition) is 3. The van der Waals surface area contributed by atoms with Crippen LogP contribution >= 0.6 is 12.2 Å². The molecule has 2 bridgehead atoms. The van der Waals surface area contributed by atoms with Crippen LogP contribution < -0.4 is 0 Å². The highest BCUT2D eigenvalue weighted by molar-refractivity contribution is 7.71. The Hall–Kier alpha value is -1.73. The minimum Gasteiger partial charge on any atom is -0.393 e. The summed E-state index contributed by atoms with van der Waals surface area (Å²) in [5.74, 6) is -0.653. The zero-order valence-corrected chi connectivity index (χ0v) is 12.6. The van der Waals surface area contributed by atoms with Crippen molar-refractivity contribution < 1.29 is 14.3 Å². The Kier molecular flexibility index (Phi) is 3.09. The van der Waals surface area contributed by atoms with Crippen molar-refractivity contribution in [2.45, 2.75) is 43.9 Å². The van der Waals surface area contributed by atoms with Crippen molar-refractivity contribution in [2.24, 2.45) is 0 Å². The molecule has 3 N–H and O–H groups in total. The first-order valence-corrected chi connectivity index (χ1v) is 7.86. The molecule has 1 amide bonds. The van der Waals surface area contributed by atoms with Gasteiger partial charge in [0.05, 0.1) is 22.7 Å². The third-order valence-electron chi connectivity index (χ3n) is 4.76. The van der Waals surface area contributed by atoms with E-state index in [1.54, 1.807) is 0 Å². The van der Waals surface area contributed by atoms with E-state index < -0.39 is 5.82 Å². The number of rotatable bonds is 1. The number of imidazole rings is 1. The fraction of sp³-hybridized carbons (Fsp3) is 0.467. The van der Waals surface area contributed by atoms with Crippen LogP contribution in [0.1, 0.15) is 36.0 Å². The number of nitrogens with one attached hydrogen (secondary N) is 2. The van der Waals surface area contributed by atoms with Crippen molar-refractivity contribution in [3.8, 4) is 0 Å². The van der Waals surface area contributed by atoms with E-state index in [2.05, 4.69) is 9.97 Å². The van der Waals surface area contributed by atoms with Gasteiger partial charge in [-0.25, -0.2) is 4.39 Å². The van der Waals surface area contributed by atoms with E-state index in [0.717, 1.165) is 12.8 Å². The third-order valence-corrected chi connectivity index (χ3v) is 4.97. The Labute approximate surface area is 131 Å². The Balaban J connectivity index is 1.79. The van der Waals surface area contributed by atoms with E-state index in [9.17, 15) is 14.3 Å². The fourth-order valence-corrected chi connectivity index (χ4v) is 4.11. The van der Waals surface area contributed by atoms with Gasteiger partial charge in [0.15, 0.2) is 4.77 Å². The molecule has 2 aliphatic heterocycles. The molecule has 4 rings (SSSR count). The Morgan fingerprint density at radius 2 is 1.95 bits per heavy atom. The van der Waals surface area contributed by atoms with E-state index in [-0.39, 0.29) is 24.1 Å². The predicted molar refractivity (Wildman–Crippen MR) is 81.7 cm³/mol. The number of aliphatic hydroxyl groups is 1. The zero-order valence-electron chi connectivity index (χ0n) is 11.8. The van der Waals surface area contributed by atoms with Crippen LogP contribution in [0.5, 0.6) is 0 Å². The number of H-pyrrole nitrogens is 2. The minimum atomic E-state index is -0.467. The van der Waals surface area contributed by atoms with Crippen molar-refractivity contribution in [1.29, 1.82) is 0 Å². The monoisotopic (exact) mass is 321 g/mol. The van der Waals surface area contributed by atoms with Gasteiger partial charge in [-0.2, -0.15) is 0 Å². The van der Waals surface area contributed by atoms with Crippen LogP contribution in [-0.4, -0.2) is 44.1 Å². The van der Waals surface area contributed by atoms with Crippen LogP contribution in [0.25, 0.3) is 11.0 Å². The molecule has 2 saturated heterocycles. The summed E-state index contributed by atoms with van der Waals surface area (Å²) < 4.78 is 14.2. The van der Waals surface area contributed by atoms with E-state index in [4.69, 9.17) is 12.2 Å². The largest absolute Gasteiger partial charge is 0.393 e. The lowest BCUT2D eigenvalue weighted by Crippen LogP contribution is -2.48. The molecular formula is C15H16FN3O2S. The number of aliphatic hydroxyl groups excluding tert-OH is 1. The van der Waals surface area contributed by atoms with Gasteiger partial charge in [0.2, 0.25) is 0 Å². The van der Waals surface area contributed by atoms with E-state index in [0.29, 0.717) is 34.2 Å². The van der Waals surface area contributed by atoms with Gasteiger partial charge in [-0.3, -0.25) is 4.79 Å². The topological polar surface area (TPSA) is 72.1 Å². The summed E-state index contributed by atoms with van der Waals surface area (Å²) in [6.07, 6.45) is 2.66. The maximum atomic E-state index is 13.8. The van der Waals surface area contributed by atoms with Crippen LogP contribution in [0.4, 0.5) is 4.39 Å². The fourth-order valence-electron chi connectivity index (χ4n) is 3.89. The molecule has 2 atom stereocenters. The molecule has 7 heteroatoms. The second-order valence-electron chi connectivity index (χ2n) is 6.18. The second kappa shape index (κ2) is 4.89. The molecule has 2 unspecified atom stereocenters. The molecule has 2 fully saturated rings. The standard InChI is InChI=1S/C15H16FN3O2S/c16-7-3-11(13-12(4-7)17-15(22)18-13)14(21)19-8-1-2-9(19)6-10(20)5-8/h3-4,8-10,20H,1-2,5-6H2,(H2,17,18,22). The molecular weight excluding hydrogens is 305 g/mol. The smallest absolute Gasteiger partial charge is 0.256 e. The first kappa shape index (κ1) is 13.9. The lowest BCUT2D eigenvalue weighted by atomic mass is 9.98. The highest BCUT2D eigenvalue weighted by atomic mass is 32.1. The van der Waals surface area contributed by atoms with Gasteiger partial charge in [-0.15, -0.1) is 0 Å². The summed E-state index contributed by atoms with van der Waals surface area (Å²) in [4.78, 5) is 20.6. The molecule has 3 heterocycles. The summed E-state index contributed by atoms with van der Waals surface area (Å²) in [5.41, 5.74) is 1.34. The molecule has 22 heavy (non-hydrogen) atoms. The minimum absolute atomic E-state index is 0.0430. The van der Waals surface area contributed by atoms with Crippen molar-refractivity contribution >= 4 is 29.2 Å². The van der Waals surface area contributed by atoms with Gasteiger partial charge in [-0.05, 0) is 50.0 Å². The SMILES string of the molecule is O=C(c1cc(F)cc2[nH]c(=S)[nH]c12)N1C2CCC1CC(O)C2. The van der Waals surface area contributed by atoms with E-state index in [1.165, 1.54) is 12.1 Å². The molecule has 1 aromatic heterocycles. The average molecular weight is 321 g/mol. The van der Waals surface area contributed by atoms with E-state index in [1.807, 2.05) is 4.90 Å². The van der Waals surface area contributed by atoms with Crippen molar-refractivity contribution in [3.63, 3.8) is 0 Å². The lowest BCUT2D eigenvalue weighted by molar-refractivity contribution is 0.0288. The highest BCUT2D eigenvalue weighted by Crippen LogP contribution is 2.37. The summed E-state index contributed by atoms with van der Waals surface area (Å²) in [7, 11) is 0. The Bertz CT molecular complexity index is 801. The molecule has 0 radical (unpaired) electrons. The highest BCUT2D eigenvalue weighted by Gasteiger charge is 2.43. The number of aromatic nitrogens is 2. The average Bonchev–Trinajstić information content (AvgIpc) is 2.94. The van der Waals surface area contributed by atoms with Gasteiger partial charge in [0, 0.05) is 12.1 Å². The quantitative estimate of drug-likeness (QED) is 0.707. The van der Waals surface area contributed by atoms with Gasteiger partial charge in [0.25, 0.3) is 5.91 Å². The second-order valence-corrected chi connectivity index (χ2v) is 6.59. The number of carbonyl (C=O) groups is 1. The summed E-state index contributed by atoms with van der Waals surface area (Å²) in [5, 5.41) is 9.86. The maximum absolute atomic E-state index is 13.8. The molecule has 2 aliphatic rings. The van der Waals surface area contributed by atoms with Crippen LogP contribution in [0, 0.1) is 10.6 Å². The van der Waals surface area contributed by atoms with Crippen molar-refractivity contribution in [1.82, 2.24) is 14.9 Å². The number of benzene rings is 1. The number of amides is 1. The summed E-state index contributed by atoms with van der Waals surface area (Å²) in [6, 6.07) is 2.67. The Morgan fingerprint density at radius 3 is 2.64 bits per heavy atom. The molecule has 0 aliphatic carbocycles. The summed E-state index contributed by atoms with van der Waals surface area (Å²) in [6.45, 7) is 0. The third kappa shape index (κ3) is 2.07. The van der Waals surface area contributed by atoms with Crippen LogP contribution in [0.3, 0.4) is 0 Å².